The van der Waals surface area contributed by atoms with Crippen molar-refractivity contribution in [2.45, 2.75) is 52.2 Å². The summed E-state index contributed by atoms with van der Waals surface area (Å²) in [6.45, 7) is 10.5. The van der Waals surface area contributed by atoms with E-state index < -0.39 is 7.12 Å². The van der Waals surface area contributed by atoms with Gasteiger partial charge in [0.15, 0.2) is 17.5 Å². The minimum Gasteiger partial charge on any atom is -0.399 e. The minimum atomic E-state index is -0.395. The zero-order chi connectivity index (χ0) is 23.9. The van der Waals surface area contributed by atoms with Gasteiger partial charge >= 0.3 is 7.12 Å². The van der Waals surface area contributed by atoms with Crippen LogP contribution in [0, 0.1) is 5.92 Å². The smallest absolute Gasteiger partial charge is 0.399 e. The first-order valence-corrected chi connectivity index (χ1v) is 11.9. The van der Waals surface area contributed by atoms with E-state index in [4.69, 9.17) is 24.3 Å². The predicted molar refractivity (Wildman–Crippen MR) is 137 cm³/mol. The van der Waals surface area contributed by atoms with Crippen molar-refractivity contribution in [3.8, 4) is 22.8 Å². The van der Waals surface area contributed by atoms with Gasteiger partial charge in [0.1, 0.15) is 0 Å². The molecule has 2 heterocycles. The third kappa shape index (κ3) is 4.24. The van der Waals surface area contributed by atoms with Gasteiger partial charge < -0.3 is 9.31 Å². The van der Waals surface area contributed by atoms with Gasteiger partial charge in [-0.25, -0.2) is 15.0 Å². The quantitative estimate of drug-likeness (QED) is 0.492. The van der Waals surface area contributed by atoms with Gasteiger partial charge in [-0.3, -0.25) is 0 Å². The predicted octanol–water partition coefficient (Wildman–Crippen LogP) is 5.48. The molecule has 6 heteroatoms. The van der Waals surface area contributed by atoms with Crippen LogP contribution < -0.4 is 5.46 Å². The van der Waals surface area contributed by atoms with Crippen molar-refractivity contribution in [1.82, 2.24) is 15.0 Å². The summed E-state index contributed by atoms with van der Waals surface area (Å²) in [4.78, 5) is 14.6. The lowest BCUT2D eigenvalue weighted by atomic mass is 9.79. The molecule has 1 aromatic heterocycles. The van der Waals surface area contributed by atoms with Crippen LogP contribution in [-0.4, -0.2) is 33.3 Å². The first-order valence-electron chi connectivity index (χ1n) is 11.9. The molecule has 1 aliphatic heterocycles. The molecule has 1 unspecified atom stereocenters. The number of hydrogen-bond donors (Lipinski definition) is 0. The second-order valence-electron chi connectivity index (χ2n) is 10.1. The van der Waals surface area contributed by atoms with Gasteiger partial charge in [-0.05, 0) is 45.5 Å². The molecule has 0 radical (unpaired) electrons. The Balaban J connectivity index is 1.52. The van der Waals surface area contributed by atoms with Gasteiger partial charge in [-0.15, -0.1) is 0 Å². The third-order valence-corrected chi connectivity index (χ3v) is 7.05. The molecule has 3 aromatic rings. The third-order valence-electron chi connectivity index (χ3n) is 7.05. The van der Waals surface area contributed by atoms with Crippen molar-refractivity contribution < 1.29 is 9.31 Å². The molecule has 2 aromatic carbocycles. The summed E-state index contributed by atoms with van der Waals surface area (Å²) < 4.78 is 12.4. The Morgan fingerprint density at radius 2 is 1.32 bits per heavy atom. The molecule has 1 atom stereocenters. The summed E-state index contributed by atoms with van der Waals surface area (Å²) in [6.07, 6.45) is 7.36. The molecule has 2 aliphatic rings. The largest absolute Gasteiger partial charge is 0.494 e. The van der Waals surface area contributed by atoms with Crippen molar-refractivity contribution >= 4 is 18.2 Å². The molecule has 1 aliphatic carbocycles. The standard InChI is InChI=1S/C28H30BN3O2/c1-19-11-9-10-14-23(19)26-31-24(20-12-7-6-8-13-20)30-25(32-26)21-15-17-22(18-16-21)29-33-27(2,3)28(4,5)34-29/h6-10,12-19H,11H2,1-5H3. The summed E-state index contributed by atoms with van der Waals surface area (Å²) in [5, 5.41) is 0. The molecule has 0 bridgehead atoms. The van der Waals surface area contributed by atoms with E-state index in [1.807, 2.05) is 54.6 Å². The Bertz CT molecular complexity index is 1230. The van der Waals surface area contributed by atoms with Crippen molar-refractivity contribution in [1.29, 1.82) is 0 Å². The number of allylic oxidation sites excluding steroid dienone is 4. The Morgan fingerprint density at radius 3 is 1.91 bits per heavy atom. The van der Waals surface area contributed by atoms with Gasteiger partial charge in [0.25, 0.3) is 0 Å². The van der Waals surface area contributed by atoms with Crippen LogP contribution in [0.3, 0.4) is 0 Å². The van der Waals surface area contributed by atoms with Crippen LogP contribution in [0.2, 0.25) is 0 Å². The molecule has 34 heavy (non-hydrogen) atoms. The first-order chi connectivity index (χ1) is 16.2. The normalized spacial score (nSPS) is 20.9. The van der Waals surface area contributed by atoms with Crippen LogP contribution in [0.1, 0.15) is 46.9 Å². The Morgan fingerprint density at radius 1 is 0.765 bits per heavy atom. The molecule has 0 N–H and O–H groups in total. The summed E-state index contributed by atoms with van der Waals surface area (Å²) in [7, 11) is -0.395. The molecule has 172 valence electrons. The van der Waals surface area contributed by atoms with Gasteiger partial charge in [0.05, 0.1) is 11.2 Å². The van der Waals surface area contributed by atoms with E-state index in [9.17, 15) is 0 Å². The number of rotatable bonds is 4. The van der Waals surface area contributed by atoms with Crippen LogP contribution in [0.4, 0.5) is 0 Å². The molecule has 0 spiro atoms. The highest BCUT2D eigenvalue weighted by atomic mass is 16.7. The highest BCUT2D eigenvalue weighted by Gasteiger charge is 2.51. The van der Waals surface area contributed by atoms with Crippen molar-refractivity contribution in [2.24, 2.45) is 5.92 Å². The second-order valence-corrected chi connectivity index (χ2v) is 10.1. The van der Waals surface area contributed by atoms with Crippen LogP contribution in [0.25, 0.3) is 28.3 Å². The SMILES string of the molecule is CC1CC=CC=C1c1nc(-c2ccccc2)nc(-c2ccc(B3OC(C)(C)C(C)(C)O3)cc2)n1. The van der Waals surface area contributed by atoms with Crippen LogP contribution in [-0.2, 0) is 9.31 Å². The topological polar surface area (TPSA) is 57.1 Å². The summed E-state index contributed by atoms with van der Waals surface area (Å²) in [5.74, 6) is 2.43. The van der Waals surface area contributed by atoms with E-state index in [0.717, 1.165) is 34.4 Å². The van der Waals surface area contributed by atoms with E-state index in [2.05, 4.69) is 52.8 Å². The van der Waals surface area contributed by atoms with Gasteiger partial charge in [0.2, 0.25) is 0 Å². The van der Waals surface area contributed by atoms with Crippen molar-refractivity contribution in [3.05, 3.63) is 78.6 Å². The van der Waals surface area contributed by atoms with Gasteiger partial charge in [0, 0.05) is 16.7 Å². The monoisotopic (exact) mass is 451 g/mol. The van der Waals surface area contributed by atoms with Crippen molar-refractivity contribution in [2.75, 3.05) is 0 Å². The lowest BCUT2D eigenvalue weighted by Gasteiger charge is -2.32. The highest BCUT2D eigenvalue weighted by molar-refractivity contribution is 6.62. The average molecular weight is 451 g/mol. The maximum absolute atomic E-state index is 6.21. The molecular formula is C28H30BN3O2. The maximum Gasteiger partial charge on any atom is 0.494 e. The molecule has 1 fully saturated rings. The second kappa shape index (κ2) is 8.60. The van der Waals surface area contributed by atoms with Gasteiger partial charge in [-0.1, -0.05) is 79.7 Å². The molecule has 0 saturated carbocycles. The first kappa shape index (κ1) is 22.7. The summed E-state index contributed by atoms with van der Waals surface area (Å²) >= 11 is 0. The maximum atomic E-state index is 6.21. The van der Waals surface area contributed by atoms with Crippen LogP contribution >= 0.6 is 0 Å². The fraction of sp³-hybridized carbons (Fsp3) is 0.321. The fourth-order valence-corrected chi connectivity index (χ4v) is 4.16. The molecular weight excluding hydrogens is 421 g/mol. The van der Waals surface area contributed by atoms with E-state index >= 15 is 0 Å². The zero-order valence-corrected chi connectivity index (χ0v) is 20.4. The van der Waals surface area contributed by atoms with Crippen LogP contribution in [0.5, 0.6) is 0 Å². The molecule has 5 nitrogen and oxygen atoms in total. The molecule has 1 saturated heterocycles. The van der Waals surface area contributed by atoms with Crippen molar-refractivity contribution in [3.63, 3.8) is 0 Å². The van der Waals surface area contributed by atoms with E-state index in [0.29, 0.717) is 17.6 Å². The summed E-state index contributed by atoms with van der Waals surface area (Å²) in [5.41, 5.74) is 3.28. The zero-order valence-electron chi connectivity index (χ0n) is 20.4. The Kier molecular flexibility index (Phi) is 5.74. The van der Waals surface area contributed by atoms with E-state index in [1.165, 1.54) is 0 Å². The number of hydrogen-bond acceptors (Lipinski definition) is 5. The Labute approximate surface area is 202 Å². The summed E-state index contributed by atoms with van der Waals surface area (Å²) in [6, 6.07) is 18.2. The number of benzene rings is 2. The molecule has 0 amide bonds. The average Bonchev–Trinajstić information content (AvgIpc) is 3.06. The number of aromatic nitrogens is 3. The molecule has 5 rings (SSSR count). The lowest BCUT2D eigenvalue weighted by molar-refractivity contribution is 0.00578. The van der Waals surface area contributed by atoms with E-state index in [1.54, 1.807) is 0 Å². The highest BCUT2D eigenvalue weighted by Crippen LogP contribution is 2.36. The fourth-order valence-electron chi connectivity index (χ4n) is 4.16. The van der Waals surface area contributed by atoms with E-state index in [-0.39, 0.29) is 11.2 Å². The Hall–Kier alpha value is -3.09. The van der Waals surface area contributed by atoms with Crippen LogP contribution in [0.15, 0.2) is 72.8 Å². The lowest BCUT2D eigenvalue weighted by Crippen LogP contribution is -2.41. The number of nitrogens with zero attached hydrogens (tertiary/aromatic N) is 3. The minimum absolute atomic E-state index is 0.356. The van der Waals surface area contributed by atoms with Gasteiger partial charge in [-0.2, -0.15) is 0 Å².